The standard InChI is InChI=1S/C15H29N3O2/c19-13-12-17-8-3-9-18(11-10-17)15(20)6-5-14-4-1-2-7-16-14/h14,16,19H,1-13H2. The van der Waals surface area contributed by atoms with Gasteiger partial charge in [0.15, 0.2) is 0 Å². The Morgan fingerprint density at radius 1 is 1.15 bits per heavy atom. The molecule has 1 unspecified atom stereocenters. The molecule has 1 atom stereocenters. The van der Waals surface area contributed by atoms with Gasteiger partial charge in [-0.15, -0.1) is 0 Å². The smallest absolute Gasteiger partial charge is 0.222 e. The summed E-state index contributed by atoms with van der Waals surface area (Å²) in [6.45, 7) is 5.63. The van der Waals surface area contributed by atoms with E-state index in [1.165, 1.54) is 19.3 Å². The van der Waals surface area contributed by atoms with Gasteiger partial charge < -0.3 is 15.3 Å². The Bertz CT molecular complexity index is 293. The van der Waals surface area contributed by atoms with E-state index in [2.05, 4.69) is 10.2 Å². The molecule has 0 aromatic rings. The summed E-state index contributed by atoms with van der Waals surface area (Å²) in [5.74, 6) is 0.309. The summed E-state index contributed by atoms with van der Waals surface area (Å²) in [6, 6.07) is 0.547. The van der Waals surface area contributed by atoms with Crippen LogP contribution in [0.4, 0.5) is 0 Å². The van der Waals surface area contributed by atoms with Crippen molar-refractivity contribution < 1.29 is 9.90 Å². The lowest BCUT2D eigenvalue weighted by atomic mass is 10.0. The van der Waals surface area contributed by atoms with Crippen molar-refractivity contribution in [2.45, 2.75) is 44.6 Å². The molecule has 0 aromatic carbocycles. The molecule has 0 aliphatic carbocycles. The zero-order chi connectivity index (χ0) is 14.2. The molecule has 2 rings (SSSR count). The molecule has 2 saturated heterocycles. The lowest BCUT2D eigenvalue weighted by molar-refractivity contribution is -0.131. The number of aliphatic hydroxyl groups excluding tert-OH is 1. The van der Waals surface area contributed by atoms with Crippen molar-refractivity contribution in [2.24, 2.45) is 0 Å². The lowest BCUT2D eigenvalue weighted by Crippen LogP contribution is -2.38. The second kappa shape index (κ2) is 8.60. The molecule has 0 spiro atoms. The van der Waals surface area contributed by atoms with Crippen LogP contribution < -0.4 is 5.32 Å². The molecular weight excluding hydrogens is 254 g/mol. The minimum atomic E-state index is 0.210. The summed E-state index contributed by atoms with van der Waals surface area (Å²) >= 11 is 0. The molecule has 2 heterocycles. The Morgan fingerprint density at radius 3 is 2.80 bits per heavy atom. The van der Waals surface area contributed by atoms with Gasteiger partial charge in [-0.1, -0.05) is 6.42 Å². The lowest BCUT2D eigenvalue weighted by Gasteiger charge is -2.25. The number of hydrogen-bond acceptors (Lipinski definition) is 4. The van der Waals surface area contributed by atoms with Gasteiger partial charge in [0, 0.05) is 38.6 Å². The molecule has 2 N–H and O–H groups in total. The fraction of sp³-hybridized carbons (Fsp3) is 0.933. The predicted molar refractivity (Wildman–Crippen MR) is 79.6 cm³/mol. The van der Waals surface area contributed by atoms with Gasteiger partial charge in [0.05, 0.1) is 6.61 Å². The number of rotatable bonds is 5. The third-order valence-corrected chi connectivity index (χ3v) is 4.48. The Morgan fingerprint density at radius 2 is 2.05 bits per heavy atom. The van der Waals surface area contributed by atoms with Crippen LogP contribution in [0.15, 0.2) is 0 Å². The largest absolute Gasteiger partial charge is 0.395 e. The SMILES string of the molecule is O=C(CCC1CCCCN1)N1CCCN(CCO)CC1. The van der Waals surface area contributed by atoms with Crippen molar-refractivity contribution in [1.82, 2.24) is 15.1 Å². The predicted octanol–water partition coefficient (Wildman–Crippen LogP) is 0.435. The van der Waals surface area contributed by atoms with Gasteiger partial charge in [0.2, 0.25) is 5.91 Å². The van der Waals surface area contributed by atoms with Crippen LogP contribution in [0, 0.1) is 0 Å². The maximum absolute atomic E-state index is 12.3. The van der Waals surface area contributed by atoms with Crippen molar-refractivity contribution in [3.8, 4) is 0 Å². The van der Waals surface area contributed by atoms with Gasteiger partial charge >= 0.3 is 0 Å². The Labute approximate surface area is 122 Å². The van der Waals surface area contributed by atoms with Crippen LogP contribution in [0.1, 0.15) is 38.5 Å². The summed E-state index contributed by atoms with van der Waals surface area (Å²) in [6.07, 6.45) is 6.47. The monoisotopic (exact) mass is 283 g/mol. The number of amides is 1. The quantitative estimate of drug-likeness (QED) is 0.768. The fourth-order valence-electron chi connectivity index (χ4n) is 3.21. The zero-order valence-corrected chi connectivity index (χ0v) is 12.5. The number of carbonyl (C=O) groups excluding carboxylic acids is 1. The molecular formula is C15H29N3O2. The van der Waals surface area contributed by atoms with E-state index in [-0.39, 0.29) is 6.61 Å². The van der Waals surface area contributed by atoms with Gasteiger partial charge in [-0.2, -0.15) is 0 Å². The Kier molecular flexibility index (Phi) is 6.76. The topological polar surface area (TPSA) is 55.8 Å². The van der Waals surface area contributed by atoms with E-state index in [9.17, 15) is 4.79 Å². The van der Waals surface area contributed by atoms with Crippen molar-refractivity contribution in [1.29, 1.82) is 0 Å². The van der Waals surface area contributed by atoms with Gasteiger partial charge in [-0.05, 0) is 38.8 Å². The van der Waals surface area contributed by atoms with Crippen molar-refractivity contribution in [3.05, 3.63) is 0 Å². The van der Waals surface area contributed by atoms with E-state index in [0.29, 0.717) is 18.4 Å². The molecule has 1 amide bonds. The number of hydrogen-bond donors (Lipinski definition) is 2. The number of carbonyl (C=O) groups is 1. The molecule has 20 heavy (non-hydrogen) atoms. The first-order valence-corrected chi connectivity index (χ1v) is 8.14. The summed E-state index contributed by atoms with van der Waals surface area (Å²) in [7, 11) is 0. The van der Waals surface area contributed by atoms with E-state index in [1.807, 2.05) is 4.90 Å². The Hall–Kier alpha value is -0.650. The Balaban J connectivity index is 1.69. The van der Waals surface area contributed by atoms with E-state index in [1.54, 1.807) is 0 Å². The van der Waals surface area contributed by atoms with Crippen LogP contribution in [-0.2, 0) is 4.79 Å². The summed E-state index contributed by atoms with van der Waals surface area (Å²) in [4.78, 5) is 16.5. The second-order valence-corrected chi connectivity index (χ2v) is 5.99. The van der Waals surface area contributed by atoms with Crippen LogP contribution in [0.3, 0.4) is 0 Å². The number of aliphatic hydroxyl groups is 1. The van der Waals surface area contributed by atoms with Gasteiger partial charge in [0.1, 0.15) is 0 Å². The van der Waals surface area contributed by atoms with E-state index in [4.69, 9.17) is 5.11 Å². The maximum Gasteiger partial charge on any atom is 0.222 e. The molecule has 0 saturated carbocycles. The highest BCUT2D eigenvalue weighted by Crippen LogP contribution is 2.13. The molecule has 0 radical (unpaired) electrons. The van der Waals surface area contributed by atoms with E-state index < -0.39 is 0 Å². The third kappa shape index (κ3) is 5.04. The van der Waals surface area contributed by atoms with Crippen LogP contribution in [-0.4, -0.2) is 72.7 Å². The van der Waals surface area contributed by atoms with Gasteiger partial charge in [-0.25, -0.2) is 0 Å². The summed E-state index contributed by atoms with van der Waals surface area (Å²) in [5, 5.41) is 12.5. The number of piperidine rings is 1. The summed E-state index contributed by atoms with van der Waals surface area (Å²) < 4.78 is 0. The molecule has 2 aliphatic heterocycles. The first-order chi connectivity index (χ1) is 9.79. The van der Waals surface area contributed by atoms with Gasteiger partial charge in [-0.3, -0.25) is 9.69 Å². The first kappa shape index (κ1) is 15.7. The van der Waals surface area contributed by atoms with Crippen molar-refractivity contribution in [3.63, 3.8) is 0 Å². The van der Waals surface area contributed by atoms with Crippen molar-refractivity contribution >= 4 is 5.91 Å². The molecule has 2 fully saturated rings. The van der Waals surface area contributed by atoms with Crippen LogP contribution in [0.2, 0.25) is 0 Å². The molecule has 116 valence electrons. The third-order valence-electron chi connectivity index (χ3n) is 4.48. The number of nitrogens with one attached hydrogen (secondary N) is 1. The second-order valence-electron chi connectivity index (χ2n) is 5.99. The minimum Gasteiger partial charge on any atom is -0.395 e. The van der Waals surface area contributed by atoms with E-state index >= 15 is 0 Å². The van der Waals surface area contributed by atoms with Gasteiger partial charge in [0.25, 0.3) is 0 Å². The highest BCUT2D eigenvalue weighted by Gasteiger charge is 2.20. The van der Waals surface area contributed by atoms with Crippen LogP contribution in [0.25, 0.3) is 0 Å². The average molecular weight is 283 g/mol. The molecule has 0 aromatic heterocycles. The number of β-amino-alcohol motifs (C(OH)–C–C–N with tert-alkyl or cyclic N) is 1. The van der Waals surface area contributed by atoms with Crippen LogP contribution in [0.5, 0.6) is 0 Å². The minimum absolute atomic E-state index is 0.210. The van der Waals surface area contributed by atoms with Crippen LogP contribution >= 0.6 is 0 Å². The first-order valence-electron chi connectivity index (χ1n) is 8.14. The molecule has 5 heteroatoms. The highest BCUT2D eigenvalue weighted by atomic mass is 16.3. The highest BCUT2D eigenvalue weighted by molar-refractivity contribution is 5.76. The zero-order valence-electron chi connectivity index (χ0n) is 12.5. The average Bonchev–Trinajstić information content (AvgIpc) is 2.72. The molecule has 0 bridgehead atoms. The number of nitrogens with zero attached hydrogens (tertiary/aromatic N) is 2. The van der Waals surface area contributed by atoms with E-state index in [0.717, 1.165) is 52.1 Å². The maximum atomic E-state index is 12.3. The summed E-state index contributed by atoms with van der Waals surface area (Å²) in [5.41, 5.74) is 0. The molecule has 2 aliphatic rings. The normalized spacial score (nSPS) is 25.4. The van der Waals surface area contributed by atoms with Crippen molar-refractivity contribution in [2.75, 3.05) is 45.9 Å². The molecule has 5 nitrogen and oxygen atoms in total. The fourth-order valence-corrected chi connectivity index (χ4v) is 3.21.